The standard InChI is InChI=1S/C20H20BrCl2NO2/c21-16-3-1-15(2-4-16)20(6-9-26-10-7-20)19(25)24-8-5-14-11-17(22)13-18(23)12-14/h1-4,11-13H,5-10H2,(H,24,25). The molecule has 0 radical (unpaired) electrons. The molecule has 3 rings (SSSR count). The van der Waals surface area contributed by atoms with Crippen molar-refractivity contribution in [1.29, 1.82) is 0 Å². The maximum Gasteiger partial charge on any atom is 0.230 e. The van der Waals surface area contributed by atoms with Crippen molar-refractivity contribution in [3.63, 3.8) is 0 Å². The highest BCUT2D eigenvalue weighted by atomic mass is 79.9. The number of hydrogen-bond acceptors (Lipinski definition) is 2. The second kappa shape index (κ2) is 8.75. The first-order chi connectivity index (χ1) is 12.5. The normalized spacial score (nSPS) is 16.3. The molecule has 1 heterocycles. The summed E-state index contributed by atoms with van der Waals surface area (Å²) in [6, 6.07) is 13.5. The van der Waals surface area contributed by atoms with E-state index in [1.54, 1.807) is 6.07 Å². The lowest BCUT2D eigenvalue weighted by molar-refractivity contribution is -0.130. The average Bonchev–Trinajstić information content (AvgIpc) is 2.62. The van der Waals surface area contributed by atoms with Crippen LogP contribution in [-0.4, -0.2) is 25.7 Å². The van der Waals surface area contributed by atoms with Crippen LogP contribution in [0.5, 0.6) is 0 Å². The van der Waals surface area contributed by atoms with Gasteiger partial charge in [0.05, 0.1) is 5.41 Å². The number of carbonyl (C=O) groups excluding carboxylic acids is 1. The van der Waals surface area contributed by atoms with E-state index in [-0.39, 0.29) is 5.91 Å². The van der Waals surface area contributed by atoms with Crippen LogP contribution in [0.15, 0.2) is 46.9 Å². The Morgan fingerprint density at radius 2 is 1.69 bits per heavy atom. The Kier molecular flexibility index (Phi) is 6.62. The van der Waals surface area contributed by atoms with Crippen molar-refractivity contribution in [2.24, 2.45) is 0 Å². The van der Waals surface area contributed by atoms with E-state index in [9.17, 15) is 4.79 Å². The highest BCUT2D eigenvalue weighted by Gasteiger charge is 2.41. The quantitative estimate of drug-likeness (QED) is 0.674. The summed E-state index contributed by atoms with van der Waals surface area (Å²) in [5.41, 5.74) is 1.50. The zero-order chi connectivity index (χ0) is 18.6. The van der Waals surface area contributed by atoms with E-state index >= 15 is 0 Å². The molecule has 0 aliphatic carbocycles. The minimum absolute atomic E-state index is 0.0521. The fourth-order valence-corrected chi connectivity index (χ4v) is 4.22. The van der Waals surface area contributed by atoms with E-state index in [2.05, 4.69) is 21.2 Å². The number of benzene rings is 2. The van der Waals surface area contributed by atoms with Gasteiger partial charge in [-0.1, -0.05) is 51.3 Å². The van der Waals surface area contributed by atoms with Crippen LogP contribution < -0.4 is 5.32 Å². The van der Waals surface area contributed by atoms with Gasteiger partial charge in [0.1, 0.15) is 0 Å². The monoisotopic (exact) mass is 455 g/mol. The van der Waals surface area contributed by atoms with Crippen LogP contribution in [0.2, 0.25) is 10.0 Å². The Bertz CT molecular complexity index is 754. The van der Waals surface area contributed by atoms with Gasteiger partial charge in [0.25, 0.3) is 0 Å². The molecule has 0 aromatic heterocycles. The van der Waals surface area contributed by atoms with Gasteiger partial charge in [0, 0.05) is 34.3 Å². The van der Waals surface area contributed by atoms with Gasteiger partial charge >= 0.3 is 0 Å². The molecule has 1 aliphatic rings. The van der Waals surface area contributed by atoms with Crippen molar-refractivity contribution < 1.29 is 9.53 Å². The largest absolute Gasteiger partial charge is 0.381 e. The predicted molar refractivity (Wildman–Crippen MR) is 109 cm³/mol. The fraction of sp³-hybridized carbons (Fsp3) is 0.350. The molecule has 0 unspecified atom stereocenters. The molecule has 1 fully saturated rings. The Hall–Kier alpha value is -1.07. The third kappa shape index (κ3) is 4.61. The smallest absolute Gasteiger partial charge is 0.230 e. The Labute approximate surface area is 172 Å². The van der Waals surface area contributed by atoms with E-state index in [1.807, 2.05) is 36.4 Å². The van der Waals surface area contributed by atoms with E-state index in [1.165, 1.54) is 0 Å². The number of amides is 1. The summed E-state index contributed by atoms with van der Waals surface area (Å²) in [5.74, 6) is 0.0521. The van der Waals surface area contributed by atoms with Crippen molar-refractivity contribution in [1.82, 2.24) is 5.32 Å². The number of rotatable bonds is 5. The van der Waals surface area contributed by atoms with Crippen molar-refractivity contribution in [2.45, 2.75) is 24.7 Å². The van der Waals surface area contributed by atoms with Gasteiger partial charge in [-0.15, -0.1) is 0 Å². The fourth-order valence-electron chi connectivity index (χ4n) is 3.38. The van der Waals surface area contributed by atoms with Crippen LogP contribution in [0.4, 0.5) is 0 Å². The number of ether oxygens (including phenoxy) is 1. The van der Waals surface area contributed by atoms with E-state index in [4.69, 9.17) is 27.9 Å². The van der Waals surface area contributed by atoms with Crippen LogP contribution in [-0.2, 0) is 21.4 Å². The molecular weight excluding hydrogens is 437 g/mol. The van der Waals surface area contributed by atoms with E-state index in [0.29, 0.717) is 49.1 Å². The zero-order valence-electron chi connectivity index (χ0n) is 14.2. The van der Waals surface area contributed by atoms with Crippen molar-refractivity contribution in [2.75, 3.05) is 19.8 Å². The zero-order valence-corrected chi connectivity index (χ0v) is 17.3. The first-order valence-electron chi connectivity index (χ1n) is 8.57. The summed E-state index contributed by atoms with van der Waals surface area (Å²) in [4.78, 5) is 13.1. The van der Waals surface area contributed by atoms with Crippen LogP contribution in [0.1, 0.15) is 24.0 Å². The molecule has 2 aromatic carbocycles. The predicted octanol–water partition coefficient (Wildman–Crippen LogP) is 5.16. The van der Waals surface area contributed by atoms with Crippen LogP contribution in [0.3, 0.4) is 0 Å². The second-order valence-corrected chi connectivity index (χ2v) is 8.27. The molecule has 2 aromatic rings. The lowest BCUT2D eigenvalue weighted by Gasteiger charge is -2.36. The molecule has 0 saturated carbocycles. The summed E-state index contributed by atoms with van der Waals surface area (Å²) in [6.45, 7) is 1.72. The molecule has 1 saturated heterocycles. The minimum atomic E-state index is -0.537. The highest BCUT2D eigenvalue weighted by Crippen LogP contribution is 2.35. The lowest BCUT2D eigenvalue weighted by atomic mass is 9.73. The summed E-state index contributed by atoms with van der Waals surface area (Å²) in [5, 5.41) is 4.31. The third-order valence-electron chi connectivity index (χ3n) is 4.80. The van der Waals surface area contributed by atoms with Crippen LogP contribution in [0, 0.1) is 0 Å². The molecule has 0 atom stereocenters. The molecule has 1 N–H and O–H groups in total. The summed E-state index contributed by atoms with van der Waals surface area (Å²) >= 11 is 15.5. The van der Waals surface area contributed by atoms with Crippen molar-refractivity contribution in [3.05, 3.63) is 68.1 Å². The summed E-state index contributed by atoms with van der Waals surface area (Å²) in [7, 11) is 0. The molecule has 1 aliphatic heterocycles. The Morgan fingerprint density at radius 1 is 1.08 bits per heavy atom. The van der Waals surface area contributed by atoms with Gasteiger partial charge in [-0.25, -0.2) is 0 Å². The molecule has 26 heavy (non-hydrogen) atoms. The van der Waals surface area contributed by atoms with Gasteiger partial charge in [0.2, 0.25) is 5.91 Å². The van der Waals surface area contributed by atoms with Gasteiger partial charge in [-0.3, -0.25) is 4.79 Å². The molecule has 1 amide bonds. The number of carbonyl (C=O) groups is 1. The van der Waals surface area contributed by atoms with Crippen LogP contribution >= 0.6 is 39.1 Å². The minimum Gasteiger partial charge on any atom is -0.381 e. The van der Waals surface area contributed by atoms with Gasteiger partial charge in [0.15, 0.2) is 0 Å². The summed E-state index contributed by atoms with van der Waals surface area (Å²) < 4.78 is 6.50. The Balaban J connectivity index is 1.71. The molecule has 3 nitrogen and oxygen atoms in total. The average molecular weight is 457 g/mol. The number of hydrogen-bond donors (Lipinski definition) is 1. The van der Waals surface area contributed by atoms with E-state index < -0.39 is 5.41 Å². The molecule has 6 heteroatoms. The van der Waals surface area contributed by atoms with Crippen molar-refractivity contribution in [3.8, 4) is 0 Å². The maximum absolute atomic E-state index is 13.1. The van der Waals surface area contributed by atoms with Gasteiger partial charge < -0.3 is 10.1 Å². The number of halogens is 3. The number of nitrogens with one attached hydrogen (secondary N) is 1. The Morgan fingerprint density at radius 3 is 2.31 bits per heavy atom. The highest BCUT2D eigenvalue weighted by molar-refractivity contribution is 9.10. The summed E-state index contributed by atoms with van der Waals surface area (Å²) in [6.07, 6.45) is 2.05. The topological polar surface area (TPSA) is 38.3 Å². The maximum atomic E-state index is 13.1. The van der Waals surface area contributed by atoms with Crippen molar-refractivity contribution >= 4 is 45.0 Å². The van der Waals surface area contributed by atoms with Gasteiger partial charge in [-0.2, -0.15) is 0 Å². The molecule has 0 spiro atoms. The molecular formula is C20H20BrCl2NO2. The SMILES string of the molecule is O=C(NCCc1cc(Cl)cc(Cl)c1)C1(c2ccc(Br)cc2)CCOCC1. The first kappa shape index (κ1) is 19.7. The lowest BCUT2D eigenvalue weighted by Crippen LogP contribution is -2.48. The molecule has 138 valence electrons. The molecule has 0 bridgehead atoms. The first-order valence-corrected chi connectivity index (χ1v) is 10.1. The third-order valence-corrected chi connectivity index (χ3v) is 5.76. The second-order valence-electron chi connectivity index (χ2n) is 6.48. The van der Waals surface area contributed by atoms with Crippen LogP contribution in [0.25, 0.3) is 0 Å². The van der Waals surface area contributed by atoms with Gasteiger partial charge in [-0.05, 0) is 60.7 Å². The van der Waals surface area contributed by atoms with E-state index in [0.717, 1.165) is 15.6 Å².